The molecule has 0 N–H and O–H groups in total. The molecule has 0 bridgehead atoms. The molecule has 0 radical (unpaired) electrons. The molecule has 7 heteroatoms. The quantitative estimate of drug-likeness (QED) is 0.876. The van der Waals surface area contributed by atoms with Crippen LogP contribution in [0, 0.1) is 23.0 Å². The van der Waals surface area contributed by atoms with Gasteiger partial charge in [-0.05, 0) is 42.5 Å². The molecule has 0 aromatic heterocycles. The molecule has 108 valence electrons. The van der Waals surface area contributed by atoms with Crippen LogP contribution in [-0.4, -0.2) is 15.5 Å². The van der Waals surface area contributed by atoms with Crippen molar-refractivity contribution in [1.82, 2.24) is 0 Å². The van der Waals surface area contributed by atoms with E-state index in [1.54, 1.807) is 6.07 Å². The van der Waals surface area contributed by atoms with Crippen molar-refractivity contribution in [1.29, 1.82) is 5.26 Å². The fourth-order valence-electron chi connectivity index (χ4n) is 1.70. The molecule has 2 aromatic carbocycles. The summed E-state index contributed by atoms with van der Waals surface area (Å²) in [7, 11) is -2.67. The van der Waals surface area contributed by atoms with E-state index in [2.05, 4.69) is 0 Å². The molecule has 0 fully saturated rings. The summed E-state index contributed by atoms with van der Waals surface area (Å²) in [5, 5.41) is 8.75. The summed E-state index contributed by atoms with van der Waals surface area (Å²) in [5.74, 6) is -1.28. The molecule has 0 atom stereocenters. The first kappa shape index (κ1) is 14.9. The third kappa shape index (κ3) is 2.85. The normalized spacial score (nSPS) is 11.0. The zero-order chi connectivity index (χ0) is 15.6. The van der Waals surface area contributed by atoms with Crippen molar-refractivity contribution in [2.75, 3.05) is 11.4 Å². The summed E-state index contributed by atoms with van der Waals surface area (Å²) >= 11 is 0. The van der Waals surface area contributed by atoms with Crippen LogP contribution in [0.5, 0.6) is 0 Å². The minimum atomic E-state index is -3.96. The number of sulfonamides is 1. The van der Waals surface area contributed by atoms with Gasteiger partial charge in [0.1, 0.15) is 17.7 Å². The minimum absolute atomic E-state index is 0.215. The highest BCUT2D eigenvalue weighted by molar-refractivity contribution is 7.92. The first-order valence-corrected chi connectivity index (χ1v) is 7.24. The number of halogens is 2. The van der Waals surface area contributed by atoms with E-state index in [1.807, 2.05) is 0 Å². The number of nitrogens with zero attached hydrogens (tertiary/aromatic N) is 2. The van der Waals surface area contributed by atoms with Gasteiger partial charge in [-0.15, -0.1) is 0 Å². The Labute approximate surface area is 120 Å². The summed E-state index contributed by atoms with van der Waals surface area (Å²) in [6.45, 7) is 0. The summed E-state index contributed by atoms with van der Waals surface area (Å²) in [5.41, 5.74) is -0.109. The van der Waals surface area contributed by atoms with Crippen LogP contribution in [0.1, 0.15) is 5.56 Å². The van der Waals surface area contributed by atoms with Gasteiger partial charge in [-0.1, -0.05) is 0 Å². The van der Waals surface area contributed by atoms with E-state index >= 15 is 0 Å². The largest absolute Gasteiger partial charge is 0.269 e. The highest BCUT2D eigenvalue weighted by Crippen LogP contribution is 2.23. The Hall–Kier alpha value is -2.46. The second kappa shape index (κ2) is 5.50. The van der Waals surface area contributed by atoms with Crippen LogP contribution in [0.4, 0.5) is 14.5 Å². The van der Waals surface area contributed by atoms with Gasteiger partial charge in [0.25, 0.3) is 10.0 Å². The lowest BCUT2D eigenvalue weighted by atomic mass is 10.2. The second-order valence-corrected chi connectivity index (χ2v) is 6.17. The van der Waals surface area contributed by atoms with E-state index in [0.29, 0.717) is 0 Å². The van der Waals surface area contributed by atoms with Gasteiger partial charge < -0.3 is 0 Å². The Balaban J connectivity index is 2.47. The number of nitriles is 1. The molecule has 2 aromatic rings. The maximum atomic E-state index is 13.3. The van der Waals surface area contributed by atoms with Gasteiger partial charge in [0.15, 0.2) is 0 Å². The minimum Gasteiger partial charge on any atom is -0.269 e. The number of benzene rings is 2. The lowest BCUT2D eigenvalue weighted by Crippen LogP contribution is -2.26. The maximum Gasteiger partial charge on any atom is 0.264 e. The van der Waals surface area contributed by atoms with E-state index in [9.17, 15) is 17.2 Å². The van der Waals surface area contributed by atoms with Crippen molar-refractivity contribution in [3.8, 4) is 6.07 Å². The predicted molar refractivity (Wildman–Crippen MR) is 73.1 cm³/mol. The van der Waals surface area contributed by atoms with E-state index in [-0.39, 0.29) is 16.1 Å². The maximum absolute atomic E-state index is 13.3. The van der Waals surface area contributed by atoms with E-state index < -0.39 is 21.7 Å². The summed E-state index contributed by atoms with van der Waals surface area (Å²) in [4.78, 5) is -0.215. The topological polar surface area (TPSA) is 61.2 Å². The molecular weight excluding hydrogens is 298 g/mol. The highest BCUT2D eigenvalue weighted by Gasteiger charge is 2.22. The SMILES string of the molecule is CN(c1ccc(F)cc1)S(=O)(=O)c1ccc(F)c(C#N)c1. The Kier molecular flexibility index (Phi) is 3.91. The Morgan fingerprint density at radius 2 is 1.71 bits per heavy atom. The van der Waals surface area contributed by atoms with Crippen LogP contribution in [0.2, 0.25) is 0 Å². The van der Waals surface area contributed by atoms with Gasteiger partial charge in [0, 0.05) is 7.05 Å². The molecule has 0 aliphatic rings. The summed E-state index contributed by atoms with van der Waals surface area (Å²) in [6.07, 6.45) is 0. The van der Waals surface area contributed by atoms with Gasteiger partial charge in [-0.25, -0.2) is 17.2 Å². The van der Waals surface area contributed by atoms with Crippen molar-refractivity contribution in [3.63, 3.8) is 0 Å². The standard InChI is InChI=1S/C14H10F2N2O2S/c1-18(12-4-2-11(15)3-5-12)21(19,20)13-6-7-14(16)10(8-13)9-17/h2-8H,1H3. The van der Waals surface area contributed by atoms with Crippen molar-refractivity contribution < 1.29 is 17.2 Å². The van der Waals surface area contributed by atoms with E-state index in [1.165, 1.54) is 19.2 Å². The van der Waals surface area contributed by atoms with Crippen LogP contribution in [-0.2, 0) is 10.0 Å². The van der Waals surface area contributed by atoms with Crippen LogP contribution in [0.3, 0.4) is 0 Å². The zero-order valence-electron chi connectivity index (χ0n) is 10.9. The van der Waals surface area contributed by atoms with E-state index in [4.69, 9.17) is 5.26 Å². The van der Waals surface area contributed by atoms with Crippen molar-refractivity contribution in [3.05, 3.63) is 59.7 Å². The molecule has 0 spiro atoms. The fourth-order valence-corrected chi connectivity index (χ4v) is 2.92. The van der Waals surface area contributed by atoms with Crippen LogP contribution in [0.15, 0.2) is 47.4 Å². The molecule has 21 heavy (non-hydrogen) atoms. The van der Waals surface area contributed by atoms with Crippen LogP contribution < -0.4 is 4.31 Å². The number of anilines is 1. The second-order valence-electron chi connectivity index (χ2n) is 4.20. The molecule has 0 aliphatic carbocycles. The van der Waals surface area contributed by atoms with Gasteiger partial charge in [-0.3, -0.25) is 4.31 Å². The highest BCUT2D eigenvalue weighted by atomic mass is 32.2. The molecule has 0 heterocycles. The van der Waals surface area contributed by atoms with Crippen LogP contribution >= 0.6 is 0 Å². The molecule has 0 saturated heterocycles. The monoisotopic (exact) mass is 308 g/mol. The molecular formula is C14H10F2N2O2S. The molecule has 0 saturated carbocycles. The fraction of sp³-hybridized carbons (Fsp3) is 0.0714. The molecule has 0 unspecified atom stereocenters. The summed E-state index contributed by atoms with van der Waals surface area (Å²) < 4.78 is 51.8. The third-order valence-electron chi connectivity index (χ3n) is 2.91. The predicted octanol–water partition coefficient (Wildman–Crippen LogP) is 2.66. The summed E-state index contributed by atoms with van der Waals surface area (Å²) in [6, 6.07) is 9.42. The van der Waals surface area contributed by atoms with E-state index in [0.717, 1.165) is 34.6 Å². The number of hydrogen-bond donors (Lipinski definition) is 0. The van der Waals surface area contributed by atoms with Gasteiger partial charge in [-0.2, -0.15) is 5.26 Å². The lowest BCUT2D eigenvalue weighted by Gasteiger charge is -2.19. The molecule has 0 amide bonds. The zero-order valence-corrected chi connectivity index (χ0v) is 11.7. The Bertz CT molecular complexity index is 812. The van der Waals surface area contributed by atoms with Gasteiger partial charge >= 0.3 is 0 Å². The average Bonchev–Trinajstić information content (AvgIpc) is 2.47. The Morgan fingerprint density at radius 3 is 2.29 bits per heavy atom. The first-order valence-electron chi connectivity index (χ1n) is 5.80. The van der Waals surface area contributed by atoms with Crippen molar-refractivity contribution >= 4 is 15.7 Å². The third-order valence-corrected chi connectivity index (χ3v) is 4.69. The number of rotatable bonds is 3. The van der Waals surface area contributed by atoms with Crippen molar-refractivity contribution in [2.24, 2.45) is 0 Å². The first-order chi connectivity index (χ1) is 9.86. The van der Waals surface area contributed by atoms with Gasteiger partial charge in [0.2, 0.25) is 0 Å². The lowest BCUT2D eigenvalue weighted by molar-refractivity contribution is 0.592. The van der Waals surface area contributed by atoms with Crippen LogP contribution in [0.25, 0.3) is 0 Å². The molecule has 2 rings (SSSR count). The molecule has 4 nitrogen and oxygen atoms in total. The Morgan fingerprint density at radius 1 is 1.10 bits per heavy atom. The smallest absolute Gasteiger partial charge is 0.264 e. The number of hydrogen-bond acceptors (Lipinski definition) is 3. The van der Waals surface area contributed by atoms with Gasteiger partial charge in [0.05, 0.1) is 16.1 Å². The molecule has 0 aliphatic heterocycles. The average molecular weight is 308 g/mol. The van der Waals surface area contributed by atoms with Crippen molar-refractivity contribution in [2.45, 2.75) is 4.90 Å².